The molecule has 0 spiro atoms. The van der Waals surface area contributed by atoms with Crippen LogP contribution < -0.4 is 5.32 Å². The second-order valence-corrected chi connectivity index (χ2v) is 10.6. The lowest BCUT2D eigenvalue weighted by molar-refractivity contribution is 0.0951. The van der Waals surface area contributed by atoms with Crippen LogP contribution in [0.15, 0.2) is 35.5 Å². The zero-order valence-electron chi connectivity index (χ0n) is 14.9. The minimum atomic E-state index is -4.14. The Morgan fingerprint density at radius 2 is 2.00 bits per heavy atom. The normalized spacial score (nSPS) is 14.3. The van der Waals surface area contributed by atoms with Crippen LogP contribution in [0.25, 0.3) is 22.2 Å². The van der Waals surface area contributed by atoms with Gasteiger partial charge in [0.2, 0.25) is 0 Å². The van der Waals surface area contributed by atoms with Gasteiger partial charge in [0.05, 0.1) is 26.6 Å². The van der Waals surface area contributed by atoms with Crippen LogP contribution >= 0.6 is 42.6 Å². The molecule has 4 rings (SSSR count). The van der Waals surface area contributed by atoms with Gasteiger partial charge in [0.25, 0.3) is 5.91 Å². The van der Waals surface area contributed by atoms with Gasteiger partial charge >= 0.3 is 7.60 Å². The summed E-state index contributed by atoms with van der Waals surface area (Å²) in [6.45, 7) is 0. The second kappa shape index (κ2) is 7.95. The Morgan fingerprint density at radius 1 is 1.24 bits per heavy atom. The maximum Gasteiger partial charge on any atom is 0.335 e. The third-order valence-corrected chi connectivity index (χ3v) is 7.32. The van der Waals surface area contributed by atoms with E-state index in [4.69, 9.17) is 33.0 Å². The average molecular weight is 472 g/mol. The lowest BCUT2D eigenvalue weighted by Gasteiger charge is -2.10. The number of rotatable bonds is 6. The number of fused-ring (bicyclic) bond motifs is 1. The largest absolute Gasteiger partial charge is 0.349 e. The van der Waals surface area contributed by atoms with Gasteiger partial charge in [0.15, 0.2) is 5.16 Å². The van der Waals surface area contributed by atoms with E-state index < -0.39 is 7.60 Å². The van der Waals surface area contributed by atoms with E-state index in [1.807, 2.05) is 0 Å². The van der Waals surface area contributed by atoms with Crippen molar-refractivity contribution in [1.82, 2.24) is 15.3 Å². The summed E-state index contributed by atoms with van der Waals surface area (Å²) in [7, 11) is -4.14. The van der Waals surface area contributed by atoms with Gasteiger partial charge in [-0.25, -0.2) is 4.98 Å². The second-order valence-electron chi connectivity index (χ2n) is 6.77. The molecular weight excluding hydrogens is 456 g/mol. The van der Waals surface area contributed by atoms with Crippen LogP contribution in [0.2, 0.25) is 10.0 Å². The molecule has 1 aromatic heterocycles. The highest BCUT2D eigenvalue weighted by Crippen LogP contribution is 2.41. The van der Waals surface area contributed by atoms with E-state index in [0.29, 0.717) is 37.4 Å². The van der Waals surface area contributed by atoms with Gasteiger partial charge in [0.1, 0.15) is 5.49 Å². The van der Waals surface area contributed by atoms with Gasteiger partial charge in [0, 0.05) is 11.6 Å². The van der Waals surface area contributed by atoms with Gasteiger partial charge in [-0.15, -0.1) is 0 Å². The number of nitrogens with one attached hydrogen (secondary N) is 2. The van der Waals surface area contributed by atoms with Crippen LogP contribution in [0.5, 0.6) is 0 Å². The van der Waals surface area contributed by atoms with Crippen molar-refractivity contribution in [1.29, 1.82) is 0 Å². The molecule has 1 amide bonds. The van der Waals surface area contributed by atoms with E-state index in [0.717, 1.165) is 30.2 Å². The van der Waals surface area contributed by atoms with E-state index >= 15 is 0 Å². The number of carbonyl (C=O) groups is 1. The van der Waals surface area contributed by atoms with Crippen molar-refractivity contribution in [2.45, 2.75) is 24.0 Å². The molecule has 0 atom stereocenters. The predicted octanol–water partition coefficient (Wildman–Crippen LogP) is 4.66. The molecule has 0 saturated heterocycles. The van der Waals surface area contributed by atoms with Gasteiger partial charge in [-0.2, -0.15) is 0 Å². The fraction of sp³-hybridized carbons (Fsp3) is 0.222. The summed E-state index contributed by atoms with van der Waals surface area (Å²) >= 11 is 13.6. The van der Waals surface area contributed by atoms with Crippen molar-refractivity contribution in [2.24, 2.45) is 0 Å². The molecule has 0 aliphatic heterocycles. The van der Waals surface area contributed by atoms with E-state index in [2.05, 4.69) is 15.3 Å². The van der Waals surface area contributed by atoms with E-state index in [1.54, 1.807) is 30.3 Å². The Balaban J connectivity index is 1.67. The number of aromatic nitrogens is 2. The van der Waals surface area contributed by atoms with E-state index in [9.17, 15) is 9.36 Å². The summed E-state index contributed by atoms with van der Waals surface area (Å²) in [5, 5.41) is 4.12. The minimum absolute atomic E-state index is 0.215. The van der Waals surface area contributed by atoms with Crippen molar-refractivity contribution < 1.29 is 19.1 Å². The Labute approximate surface area is 180 Å². The quantitative estimate of drug-likeness (QED) is 0.307. The number of hydrogen-bond donors (Lipinski definition) is 4. The number of benzene rings is 2. The van der Waals surface area contributed by atoms with Crippen LogP contribution in [-0.4, -0.2) is 37.2 Å². The maximum atomic E-state index is 12.4. The van der Waals surface area contributed by atoms with Gasteiger partial charge in [-0.05, 0) is 42.7 Å². The Hall–Kier alpha value is -1.54. The first-order valence-corrected chi connectivity index (χ1v) is 12.2. The number of hydrogen-bond acceptors (Lipinski definition) is 4. The third-order valence-electron chi connectivity index (χ3n) is 4.35. The molecule has 1 saturated carbocycles. The number of halogens is 2. The van der Waals surface area contributed by atoms with E-state index in [-0.39, 0.29) is 17.4 Å². The van der Waals surface area contributed by atoms with Crippen LogP contribution in [0.1, 0.15) is 23.2 Å². The number of thioether (sulfide) groups is 1. The number of aromatic amines is 1. The molecule has 152 valence electrons. The molecule has 7 nitrogen and oxygen atoms in total. The molecule has 11 heteroatoms. The van der Waals surface area contributed by atoms with Gasteiger partial charge < -0.3 is 20.1 Å². The summed E-state index contributed by atoms with van der Waals surface area (Å²) in [5.74, 6) is -0.215. The molecular formula is C18H16Cl2N3O4PS. The molecule has 0 unspecified atom stereocenters. The van der Waals surface area contributed by atoms with Crippen molar-refractivity contribution in [3.63, 3.8) is 0 Å². The Kier molecular flexibility index (Phi) is 5.68. The number of nitrogens with zero attached hydrogens (tertiary/aromatic N) is 1. The third kappa shape index (κ3) is 4.97. The van der Waals surface area contributed by atoms with Crippen molar-refractivity contribution in [3.8, 4) is 11.1 Å². The van der Waals surface area contributed by atoms with Crippen LogP contribution in [0, 0.1) is 0 Å². The molecule has 1 aliphatic rings. The van der Waals surface area contributed by atoms with Gasteiger partial charge in [-0.3, -0.25) is 9.36 Å². The summed E-state index contributed by atoms with van der Waals surface area (Å²) in [4.78, 5) is 37.9. The summed E-state index contributed by atoms with van der Waals surface area (Å²) in [5.41, 5.74) is 2.64. The van der Waals surface area contributed by atoms with Crippen molar-refractivity contribution in [2.75, 3.05) is 5.49 Å². The molecule has 4 N–H and O–H groups in total. The molecule has 3 aromatic rings. The number of H-pyrrole nitrogens is 1. The zero-order valence-corrected chi connectivity index (χ0v) is 18.1. The Morgan fingerprint density at radius 3 is 2.69 bits per heavy atom. The predicted molar refractivity (Wildman–Crippen MR) is 115 cm³/mol. The minimum Gasteiger partial charge on any atom is -0.349 e. The maximum absolute atomic E-state index is 12.4. The molecule has 1 aliphatic carbocycles. The number of carbonyl (C=O) groups excluding carboxylic acids is 1. The number of amides is 1. The highest BCUT2D eigenvalue weighted by atomic mass is 35.5. The topological polar surface area (TPSA) is 115 Å². The summed E-state index contributed by atoms with van der Waals surface area (Å²) in [6.07, 6.45) is 1.96. The average Bonchev–Trinajstić information content (AvgIpc) is 3.36. The first kappa shape index (κ1) is 20.7. The fourth-order valence-corrected chi connectivity index (χ4v) is 4.78. The SMILES string of the molecule is O=C(NC1CC1)c1cc(-c2cc3nc(SCP(=O)(O)O)[nH]c3cc2Cl)ccc1Cl. The summed E-state index contributed by atoms with van der Waals surface area (Å²) < 4.78 is 11.1. The van der Waals surface area contributed by atoms with Crippen LogP contribution in [0.3, 0.4) is 0 Å². The van der Waals surface area contributed by atoms with Crippen molar-refractivity contribution >= 4 is 59.5 Å². The lowest BCUT2D eigenvalue weighted by Crippen LogP contribution is -2.25. The van der Waals surface area contributed by atoms with Gasteiger partial charge in [-0.1, -0.05) is 41.0 Å². The van der Waals surface area contributed by atoms with Crippen molar-refractivity contribution in [3.05, 3.63) is 45.9 Å². The highest BCUT2D eigenvalue weighted by molar-refractivity contribution is 8.04. The Bertz CT molecular complexity index is 1160. The molecule has 0 bridgehead atoms. The zero-order chi connectivity index (χ0) is 20.8. The van der Waals surface area contributed by atoms with Crippen LogP contribution in [-0.2, 0) is 4.57 Å². The fourth-order valence-electron chi connectivity index (χ4n) is 2.80. The molecule has 0 radical (unpaired) electrons. The molecule has 2 aromatic carbocycles. The highest BCUT2D eigenvalue weighted by Gasteiger charge is 2.25. The molecule has 1 fully saturated rings. The number of imidazole rings is 1. The lowest BCUT2D eigenvalue weighted by atomic mass is 10.0. The van der Waals surface area contributed by atoms with Crippen LogP contribution in [0.4, 0.5) is 0 Å². The summed E-state index contributed by atoms with van der Waals surface area (Å²) in [6, 6.07) is 8.81. The molecule has 29 heavy (non-hydrogen) atoms. The monoisotopic (exact) mass is 471 g/mol. The first-order valence-electron chi connectivity index (χ1n) is 8.67. The standard InChI is InChI=1S/C18H16Cl2N3O4PS/c19-13-4-1-9(5-12(13)17(24)21-10-2-3-10)11-6-15-16(7-14(11)20)23-18(22-15)29-8-28(25,26)27/h1,4-7,10H,2-3,8H2,(H,21,24)(H,22,23)(H2,25,26,27). The van der Waals surface area contributed by atoms with E-state index in [1.165, 1.54) is 0 Å². The first-order chi connectivity index (χ1) is 13.7. The molecule has 1 heterocycles. The smallest absolute Gasteiger partial charge is 0.335 e.